The lowest BCUT2D eigenvalue weighted by Gasteiger charge is -2.10. The highest BCUT2D eigenvalue weighted by molar-refractivity contribution is 5.79. The smallest absolute Gasteiger partial charge is 0.191 e. The van der Waals surface area contributed by atoms with Gasteiger partial charge < -0.3 is 25.0 Å². The summed E-state index contributed by atoms with van der Waals surface area (Å²) in [6.45, 7) is 7.67. The zero-order valence-corrected chi connectivity index (χ0v) is 15.2. The Morgan fingerprint density at radius 1 is 1.32 bits per heavy atom. The van der Waals surface area contributed by atoms with Gasteiger partial charge in [0, 0.05) is 18.2 Å². The van der Waals surface area contributed by atoms with Gasteiger partial charge in [0.1, 0.15) is 11.5 Å². The Morgan fingerprint density at radius 2 is 2.12 bits per heavy atom. The number of hydrogen-bond donors (Lipinski definition) is 3. The van der Waals surface area contributed by atoms with Crippen LogP contribution in [0.4, 0.5) is 0 Å². The van der Waals surface area contributed by atoms with Gasteiger partial charge in [-0.25, -0.2) is 4.99 Å². The molecule has 0 bridgehead atoms. The number of hydrogen-bond acceptors (Lipinski definition) is 5. The number of phenols is 1. The van der Waals surface area contributed by atoms with Gasteiger partial charge in [0.05, 0.1) is 25.9 Å². The first kappa shape index (κ1) is 18.6. The van der Waals surface area contributed by atoms with Crippen LogP contribution < -0.4 is 15.4 Å². The summed E-state index contributed by atoms with van der Waals surface area (Å²) in [6, 6.07) is 7.02. The van der Waals surface area contributed by atoms with Crippen molar-refractivity contribution in [3.05, 3.63) is 41.3 Å². The van der Waals surface area contributed by atoms with Crippen LogP contribution in [0.5, 0.6) is 11.5 Å². The van der Waals surface area contributed by atoms with Crippen LogP contribution in [0.2, 0.25) is 0 Å². The van der Waals surface area contributed by atoms with E-state index in [-0.39, 0.29) is 5.75 Å². The summed E-state index contributed by atoms with van der Waals surface area (Å²) < 4.78 is 10.5. The minimum atomic E-state index is 0.192. The molecule has 0 aliphatic carbocycles. The standard InChI is InChI=1S/C18H26N4O3/c1-5-19-18(21-11-15-9-16(12(2)3)22-25-15)20-10-13-8-14(24-4)6-7-17(13)23/h6-9,12,23H,5,10-11H2,1-4H3,(H2,19,20,21). The van der Waals surface area contributed by atoms with Gasteiger partial charge in [0.2, 0.25) is 0 Å². The highest BCUT2D eigenvalue weighted by Gasteiger charge is 2.08. The first-order chi connectivity index (χ1) is 12.0. The van der Waals surface area contributed by atoms with Gasteiger partial charge in [-0.1, -0.05) is 19.0 Å². The Labute approximate surface area is 148 Å². The zero-order chi connectivity index (χ0) is 18.2. The van der Waals surface area contributed by atoms with Crippen molar-refractivity contribution in [1.82, 2.24) is 15.8 Å². The molecule has 2 rings (SSSR count). The second-order valence-electron chi connectivity index (χ2n) is 5.92. The molecule has 0 aliphatic rings. The summed E-state index contributed by atoms with van der Waals surface area (Å²) in [4.78, 5) is 4.49. The second-order valence-corrected chi connectivity index (χ2v) is 5.92. The molecule has 0 saturated heterocycles. The average Bonchev–Trinajstić information content (AvgIpc) is 3.08. The number of nitrogens with zero attached hydrogens (tertiary/aromatic N) is 2. The van der Waals surface area contributed by atoms with Gasteiger partial charge in [0.25, 0.3) is 0 Å². The van der Waals surface area contributed by atoms with Crippen LogP contribution in [0.3, 0.4) is 0 Å². The third-order valence-electron chi connectivity index (χ3n) is 3.64. The first-order valence-corrected chi connectivity index (χ1v) is 8.37. The fraction of sp³-hybridized carbons (Fsp3) is 0.444. The minimum absolute atomic E-state index is 0.192. The summed E-state index contributed by atoms with van der Waals surface area (Å²) in [5, 5.41) is 20.4. The molecular formula is C18H26N4O3. The Morgan fingerprint density at radius 3 is 2.76 bits per heavy atom. The van der Waals surface area contributed by atoms with Crippen LogP contribution >= 0.6 is 0 Å². The molecule has 0 unspecified atom stereocenters. The normalized spacial score (nSPS) is 11.6. The van der Waals surface area contributed by atoms with Crippen molar-refractivity contribution in [3.63, 3.8) is 0 Å². The van der Waals surface area contributed by atoms with Crippen LogP contribution in [0.1, 0.15) is 43.7 Å². The summed E-state index contributed by atoms with van der Waals surface area (Å²) in [5.74, 6) is 2.59. The average molecular weight is 346 g/mol. The Hall–Kier alpha value is -2.70. The number of aromatic hydroxyl groups is 1. The molecule has 0 amide bonds. The van der Waals surface area contributed by atoms with E-state index in [4.69, 9.17) is 9.26 Å². The molecule has 3 N–H and O–H groups in total. The summed E-state index contributed by atoms with van der Waals surface area (Å²) in [6.07, 6.45) is 0. The first-order valence-electron chi connectivity index (χ1n) is 8.37. The topological polar surface area (TPSA) is 91.9 Å². The van der Waals surface area contributed by atoms with E-state index in [1.807, 2.05) is 13.0 Å². The maximum Gasteiger partial charge on any atom is 0.191 e. The van der Waals surface area contributed by atoms with Crippen LogP contribution in [0, 0.1) is 0 Å². The third kappa shape index (κ3) is 5.41. The van der Waals surface area contributed by atoms with Crippen LogP contribution in [0.25, 0.3) is 0 Å². The van der Waals surface area contributed by atoms with Crippen molar-refractivity contribution >= 4 is 5.96 Å². The number of ether oxygens (including phenoxy) is 1. The molecule has 1 aromatic heterocycles. The summed E-state index contributed by atoms with van der Waals surface area (Å²) in [5.41, 5.74) is 1.62. The van der Waals surface area contributed by atoms with Crippen LogP contribution in [-0.2, 0) is 13.1 Å². The molecule has 0 fully saturated rings. The predicted molar refractivity (Wildman–Crippen MR) is 96.9 cm³/mol. The monoisotopic (exact) mass is 346 g/mol. The number of benzene rings is 1. The molecule has 0 aliphatic heterocycles. The zero-order valence-electron chi connectivity index (χ0n) is 15.2. The lowest BCUT2D eigenvalue weighted by Crippen LogP contribution is -2.36. The quantitative estimate of drug-likeness (QED) is 0.527. The third-order valence-corrected chi connectivity index (χ3v) is 3.64. The SMILES string of the molecule is CCNC(=NCc1cc(OC)ccc1O)NCc1cc(C(C)C)no1. The van der Waals surface area contributed by atoms with E-state index in [1.165, 1.54) is 0 Å². The van der Waals surface area contributed by atoms with Crippen molar-refractivity contribution in [1.29, 1.82) is 0 Å². The van der Waals surface area contributed by atoms with Crippen molar-refractivity contribution in [2.24, 2.45) is 4.99 Å². The van der Waals surface area contributed by atoms with Gasteiger partial charge in [0.15, 0.2) is 11.7 Å². The van der Waals surface area contributed by atoms with Gasteiger partial charge >= 0.3 is 0 Å². The molecule has 25 heavy (non-hydrogen) atoms. The molecule has 0 radical (unpaired) electrons. The second kappa shape index (κ2) is 8.96. The molecule has 2 aromatic rings. The van der Waals surface area contributed by atoms with Crippen molar-refractivity contribution in [2.45, 2.75) is 39.8 Å². The molecule has 136 valence electrons. The molecule has 1 aromatic carbocycles. The van der Waals surface area contributed by atoms with E-state index in [0.29, 0.717) is 36.3 Å². The number of aliphatic imine (C=N–C) groups is 1. The number of methoxy groups -OCH3 is 1. The van der Waals surface area contributed by atoms with Gasteiger partial charge in [-0.3, -0.25) is 0 Å². The van der Waals surface area contributed by atoms with Crippen molar-refractivity contribution < 1.29 is 14.4 Å². The fourth-order valence-corrected chi connectivity index (χ4v) is 2.18. The molecule has 7 heteroatoms. The molecule has 0 saturated carbocycles. The van der Waals surface area contributed by atoms with Gasteiger partial charge in [-0.2, -0.15) is 0 Å². The van der Waals surface area contributed by atoms with E-state index < -0.39 is 0 Å². The number of phenolic OH excluding ortho intramolecular Hbond substituents is 1. The van der Waals surface area contributed by atoms with E-state index in [1.54, 1.807) is 25.3 Å². The lowest BCUT2D eigenvalue weighted by molar-refractivity contribution is 0.372. The molecule has 0 atom stereocenters. The maximum atomic E-state index is 9.95. The summed E-state index contributed by atoms with van der Waals surface area (Å²) >= 11 is 0. The highest BCUT2D eigenvalue weighted by atomic mass is 16.5. The lowest BCUT2D eigenvalue weighted by atomic mass is 10.1. The summed E-state index contributed by atoms with van der Waals surface area (Å²) in [7, 11) is 1.59. The predicted octanol–water partition coefficient (Wildman–Crippen LogP) is 2.77. The van der Waals surface area contributed by atoms with Crippen molar-refractivity contribution in [3.8, 4) is 11.5 Å². The van der Waals surface area contributed by atoms with E-state index in [2.05, 4.69) is 34.6 Å². The van der Waals surface area contributed by atoms with E-state index in [9.17, 15) is 5.11 Å². The van der Waals surface area contributed by atoms with E-state index >= 15 is 0 Å². The van der Waals surface area contributed by atoms with E-state index in [0.717, 1.165) is 18.0 Å². The minimum Gasteiger partial charge on any atom is -0.508 e. The van der Waals surface area contributed by atoms with Crippen LogP contribution in [-0.4, -0.2) is 29.9 Å². The Kier molecular flexibility index (Phi) is 6.68. The molecule has 7 nitrogen and oxygen atoms in total. The van der Waals surface area contributed by atoms with Gasteiger partial charge in [-0.05, 0) is 31.0 Å². The number of aromatic nitrogens is 1. The van der Waals surface area contributed by atoms with Crippen molar-refractivity contribution in [2.75, 3.05) is 13.7 Å². The molecular weight excluding hydrogens is 320 g/mol. The highest BCUT2D eigenvalue weighted by Crippen LogP contribution is 2.23. The number of rotatable bonds is 7. The Bertz CT molecular complexity index is 710. The number of guanidine groups is 1. The molecule has 1 heterocycles. The maximum absolute atomic E-state index is 9.95. The molecule has 0 spiro atoms. The largest absolute Gasteiger partial charge is 0.508 e. The fourth-order valence-electron chi connectivity index (χ4n) is 2.18. The van der Waals surface area contributed by atoms with Gasteiger partial charge in [-0.15, -0.1) is 0 Å². The Balaban J connectivity index is 2.02. The van der Waals surface area contributed by atoms with Crippen LogP contribution in [0.15, 0.2) is 33.8 Å². The number of nitrogens with one attached hydrogen (secondary N) is 2.